The summed E-state index contributed by atoms with van der Waals surface area (Å²) in [5.74, 6) is -1.18. The summed E-state index contributed by atoms with van der Waals surface area (Å²) in [5.41, 5.74) is 4.60. The maximum atomic E-state index is 12.0. The lowest BCUT2D eigenvalue weighted by atomic mass is 9.87. The average Bonchev–Trinajstić information content (AvgIpc) is 2.27. The van der Waals surface area contributed by atoms with Crippen LogP contribution in [0.25, 0.3) is 0 Å². The van der Waals surface area contributed by atoms with Gasteiger partial charge in [0, 0.05) is 6.54 Å². The number of hydrogen-bond donors (Lipinski definition) is 2. The summed E-state index contributed by atoms with van der Waals surface area (Å²) in [6.07, 6.45) is 2.73. The van der Waals surface area contributed by atoms with Gasteiger partial charge in [-0.05, 0) is 32.6 Å². The molecular weight excluding hydrogens is 208 g/mol. The van der Waals surface area contributed by atoms with Crippen molar-refractivity contribution in [3.05, 3.63) is 0 Å². The van der Waals surface area contributed by atoms with Gasteiger partial charge < -0.3 is 15.7 Å². The number of carbonyl (C=O) groups excluding carboxylic acids is 1. The zero-order valence-corrected chi connectivity index (χ0v) is 9.90. The molecule has 16 heavy (non-hydrogen) atoms. The largest absolute Gasteiger partial charge is 0.480 e. The number of nitrogens with zero attached hydrogens (tertiary/aromatic N) is 1. The number of likely N-dealkylation sites (tertiary alicyclic amines) is 1. The molecule has 5 heteroatoms. The molecule has 1 heterocycles. The number of carboxylic acid groups (broad SMARTS) is 1. The van der Waals surface area contributed by atoms with Crippen LogP contribution < -0.4 is 5.73 Å². The van der Waals surface area contributed by atoms with Crippen LogP contribution in [0.2, 0.25) is 0 Å². The Morgan fingerprint density at radius 2 is 2.12 bits per heavy atom. The summed E-state index contributed by atoms with van der Waals surface area (Å²) in [7, 11) is 0. The van der Waals surface area contributed by atoms with Gasteiger partial charge in [0.1, 0.15) is 5.54 Å². The maximum absolute atomic E-state index is 12.0. The first-order valence-electron chi connectivity index (χ1n) is 5.74. The fourth-order valence-electron chi connectivity index (χ4n) is 2.07. The lowest BCUT2D eigenvalue weighted by molar-refractivity contribution is -0.161. The number of rotatable bonds is 3. The second-order valence-electron chi connectivity index (χ2n) is 4.54. The molecule has 3 N–H and O–H groups in total. The molecule has 1 aliphatic rings. The molecule has 0 saturated carbocycles. The summed E-state index contributed by atoms with van der Waals surface area (Å²) >= 11 is 0. The van der Waals surface area contributed by atoms with Crippen LogP contribution in [0.5, 0.6) is 0 Å². The zero-order valence-electron chi connectivity index (χ0n) is 9.90. The highest BCUT2D eigenvalue weighted by Crippen LogP contribution is 2.28. The molecule has 0 aliphatic carbocycles. The van der Waals surface area contributed by atoms with E-state index in [-0.39, 0.29) is 5.91 Å². The summed E-state index contributed by atoms with van der Waals surface area (Å²) < 4.78 is 0. The number of aliphatic carboxylic acids is 1. The van der Waals surface area contributed by atoms with Gasteiger partial charge in [0.15, 0.2) is 0 Å². The molecule has 0 aromatic heterocycles. The number of amides is 1. The van der Waals surface area contributed by atoms with Gasteiger partial charge in [-0.1, -0.05) is 6.92 Å². The Kier molecular flexibility index (Phi) is 3.91. The lowest BCUT2D eigenvalue weighted by Crippen LogP contribution is -2.60. The molecule has 0 bridgehead atoms. The SMILES string of the molecule is CC[C@@H](N)C(=O)N1CCCCC1(C)C(=O)O. The van der Waals surface area contributed by atoms with Crippen molar-refractivity contribution in [3.63, 3.8) is 0 Å². The molecule has 1 fully saturated rings. The maximum Gasteiger partial charge on any atom is 0.329 e. The Labute approximate surface area is 95.6 Å². The minimum absolute atomic E-state index is 0.243. The van der Waals surface area contributed by atoms with Crippen LogP contribution in [-0.2, 0) is 9.59 Å². The van der Waals surface area contributed by atoms with E-state index in [4.69, 9.17) is 5.73 Å². The van der Waals surface area contributed by atoms with Crippen molar-refractivity contribution in [3.8, 4) is 0 Å². The molecule has 0 radical (unpaired) electrons. The van der Waals surface area contributed by atoms with Crippen molar-refractivity contribution in [1.29, 1.82) is 0 Å². The Hall–Kier alpha value is -1.10. The van der Waals surface area contributed by atoms with Crippen molar-refractivity contribution in [2.24, 2.45) is 5.73 Å². The topological polar surface area (TPSA) is 83.6 Å². The third-order valence-corrected chi connectivity index (χ3v) is 3.37. The third kappa shape index (κ3) is 2.19. The van der Waals surface area contributed by atoms with Crippen LogP contribution in [0, 0.1) is 0 Å². The molecule has 1 rings (SSSR count). The first-order valence-corrected chi connectivity index (χ1v) is 5.74. The number of hydrogen-bond acceptors (Lipinski definition) is 3. The van der Waals surface area contributed by atoms with Gasteiger partial charge in [0.05, 0.1) is 6.04 Å². The first-order chi connectivity index (χ1) is 7.43. The quantitative estimate of drug-likeness (QED) is 0.740. The second-order valence-corrected chi connectivity index (χ2v) is 4.54. The smallest absolute Gasteiger partial charge is 0.329 e. The van der Waals surface area contributed by atoms with E-state index < -0.39 is 17.6 Å². The van der Waals surface area contributed by atoms with E-state index in [1.54, 1.807) is 6.92 Å². The molecule has 1 saturated heterocycles. The molecule has 92 valence electrons. The van der Waals surface area contributed by atoms with E-state index in [0.717, 1.165) is 12.8 Å². The van der Waals surface area contributed by atoms with Crippen molar-refractivity contribution >= 4 is 11.9 Å². The van der Waals surface area contributed by atoms with Crippen molar-refractivity contribution in [2.75, 3.05) is 6.54 Å². The van der Waals surface area contributed by atoms with E-state index in [1.165, 1.54) is 4.90 Å². The van der Waals surface area contributed by atoms with Crippen molar-refractivity contribution in [1.82, 2.24) is 4.90 Å². The summed E-state index contributed by atoms with van der Waals surface area (Å²) in [6.45, 7) is 3.93. The Morgan fingerprint density at radius 3 is 2.62 bits per heavy atom. The average molecular weight is 228 g/mol. The fourth-order valence-corrected chi connectivity index (χ4v) is 2.07. The van der Waals surface area contributed by atoms with Gasteiger partial charge in [0.2, 0.25) is 5.91 Å². The predicted octanol–water partition coefficient (Wildman–Crippen LogP) is 0.579. The number of piperidine rings is 1. The second kappa shape index (κ2) is 4.82. The molecule has 1 aliphatic heterocycles. The molecule has 1 unspecified atom stereocenters. The zero-order chi connectivity index (χ0) is 12.3. The molecule has 2 atom stereocenters. The Bertz CT molecular complexity index is 293. The number of carboxylic acids is 1. The predicted molar refractivity (Wildman–Crippen MR) is 59.9 cm³/mol. The summed E-state index contributed by atoms with van der Waals surface area (Å²) in [6, 6.07) is -0.586. The highest BCUT2D eigenvalue weighted by atomic mass is 16.4. The standard InChI is InChI=1S/C11H20N2O3/c1-3-8(12)9(14)13-7-5-4-6-11(13,2)10(15)16/h8H,3-7,12H2,1-2H3,(H,15,16)/t8-,11?/m1/s1. The van der Waals surface area contributed by atoms with Crippen LogP contribution >= 0.6 is 0 Å². The van der Waals surface area contributed by atoms with Gasteiger partial charge in [-0.3, -0.25) is 4.79 Å². The Balaban J connectivity index is 2.90. The lowest BCUT2D eigenvalue weighted by Gasteiger charge is -2.42. The summed E-state index contributed by atoms with van der Waals surface area (Å²) in [5, 5.41) is 9.24. The normalized spacial score (nSPS) is 27.6. The van der Waals surface area contributed by atoms with E-state index in [2.05, 4.69) is 0 Å². The van der Waals surface area contributed by atoms with E-state index in [1.807, 2.05) is 6.92 Å². The van der Waals surface area contributed by atoms with E-state index in [9.17, 15) is 14.7 Å². The third-order valence-electron chi connectivity index (χ3n) is 3.37. The van der Waals surface area contributed by atoms with Crippen LogP contribution in [-0.4, -0.2) is 40.0 Å². The highest BCUT2D eigenvalue weighted by molar-refractivity contribution is 5.89. The van der Waals surface area contributed by atoms with Crippen molar-refractivity contribution in [2.45, 2.75) is 51.1 Å². The first kappa shape index (κ1) is 13.0. The van der Waals surface area contributed by atoms with Gasteiger partial charge in [-0.25, -0.2) is 4.79 Å². The molecule has 0 aromatic carbocycles. The van der Waals surface area contributed by atoms with Crippen LogP contribution in [0.1, 0.15) is 39.5 Å². The fraction of sp³-hybridized carbons (Fsp3) is 0.818. The minimum Gasteiger partial charge on any atom is -0.480 e. The van der Waals surface area contributed by atoms with Crippen molar-refractivity contribution < 1.29 is 14.7 Å². The molecule has 5 nitrogen and oxygen atoms in total. The number of nitrogens with two attached hydrogens (primary N) is 1. The van der Waals surface area contributed by atoms with Crippen LogP contribution in [0.15, 0.2) is 0 Å². The van der Waals surface area contributed by atoms with Gasteiger partial charge in [-0.15, -0.1) is 0 Å². The highest BCUT2D eigenvalue weighted by Gasteiger charge is 2.44. The monoisotopic (exact) mass is 228 g/mol. The molecular formula is C11H20N2O3. The van der Waals surface area contributed by atoms with Gasteiger partial charge in [-0.2, -0.15) is 0 Å². The molecule has 0 aromatic rings. The summed E-state index contributed by atoms with van der Waals surface area (Å²) in [4.78, 5) is 24.7. The van der Waals surface area contributed by atoms with Gasteiger partial charge >= 0.3 is 5.97 Å². The molecule has 1 amide bonds. The van der Waals surface area contributed by atoms with Gasteiger partial charge in [0.25, 0.3) is 0 Å². The Morgan fingerprint density at radius 1 is 1.50 bits per heavy atom. The van der Waals surface area contributed by atoms with E-state index >= 15 is 0 Å². The van der Waals surface area contributed by atoms with Crippen LogP contribution in [0.3, 0.4) is 0 Å². The van der Waals surface area contributed by atoms with Crippen LogP contribution in [0.4, 0.5) is 0 Å². The minimum atomic E-state index is -1.08. The van der Waals surface area contributed by atoms with E-state index in [0.29, 0.717) is 19.4 Å². The molecule has 0 spiro atoms. The number of carbonyl (C=O) groups is 2.